The van der Waals surface area contributed by atoms with Crippen molar-refractivity contribution in [2.24, 2.45) is 0 Å². The fourth-order valence-corrected chi connectivity index (χ4v) is 2.58. The van der Waals surface area contributed by atoms with Crippen molar-refractivity contribution in [1.29, 1.82) is 0 Å². The molecule has 126 valence electrons. The van der Waals surface area contributed by atoms with E-state index < -0.39 is 0 Å². The molecule has 1 atom stereocenters. The summed E-state index contributed by atoms with van der Waals surface area (Å²) in [5, 5.41) is 6.12. The largest absolute Gasteiger partial charge is 0.326 e. The van der Waals surface area contributed by atoms with Crippen molar-refractivity contribution in [2.75, 3.05) is 17.7 Å². The van der Waals surface area contributed by atoms with Gasteiger partial charge in [0.2, 0.25) is 5.91 Å². The summed E-state index contributed by atoms with van der Waals surface area (Å²) in [5.41, 5.74) is 2.11. The highest BCUT2D eigenvalue weighted by molar-refractivity contribution is 6.31. The summed E-state index contributed by atoms with van der Waals surface area (Å²) in [6.07, 6.45) is 0. The molecule has 2 N–H and O–H groups in total. The Hall–Kier alpha value is -2.53. The molecule has 0 aliphatic carbocycles. The first-order valence-corrected chi connectivity index (χ1v) is 7.92. The number of nitrogens with zero attached hydrogens (tertiary/aromatic N) is 1. The van der Waals surface area contributed by atoms with Gasteiger partial charge >= 0.3 is 6.03 Å². The second kappa shape index (κ2) is 7.84. The predicted molar refractivity (Wildman–Crippen MR) is 97.4 cm³/mol. The zero-order valence-electron chi connectivity index (χ0n) is 13.8. The minimum atomic E-state index is -0.262. The first kappa shape index (κ1) is 17.8. The molecule has 2 aromatic carbocycles. The Bertz CT molecular complexity index is 749. The molecule has 2 rings (SSSR count). The van der Waals surface area contributed by atoms with Crippen LogP contribution in [0.4, 0.5) is 16.2 Å². The van der Waals surface area contributed by atoms with Crippen molar-refractivity contribution in [3.63, 3.8) is 0 Å². The zero-order chi connectivity index (χ0) is 17.7. The molecule has 0 bridgehead atoms. The molecule has 0 aliphatic heterocycles. The van der Waals surface area contributed by atoms with Gasteiger partial charge in [0, 0.05) is 30.4 Å². The van der Waals surface area contributed by atoms with Crippen molar-refractivity contribution < 1.29 is 9.59 Å². The number of urea groups is 1. The van der Waals surface area contributed by atoms with Crippen LogP contribution in [0.1, 0.15) is 25.5 Å². The monoisotopic (exact) mass is 345 g/mol. The van der Waals surface area contributed by atoms with E-state index in [1.165, 1.54) is 6.92 Å². The maximum atomic E-state index is 12.5. The Kier molecular flexibility index (Phi) is 5.82. The molecule has 0 saturated carbocycles. The molecule has 24 heavy (non-hydrogen) atoms. The van der Waals surface area contributed by atoms with E-state index in [0.29, 0.717) is 16.4 Å². The lowest BCUT2D eigenvalue weighted by Gasteiger charge is -2.26. The molecule has 0 unspecified atom stereocenters. The maximum absolute atomic E-state index is 12.5. The SMILES string of the molecule is CC(=O)Nc1cccc(NC(=O)N(C)[C@H](C)c2ccccc2Cl)c1. The second-order valence-corrected chi connectivity index (χ2v) is 5.91. The van der Waals surface area contributed by atoms with Gasteiger partial charge in [0.15, 0.2) is 0 Å². The van der Waals surface area contributed by atoms with E-state index in [0.717, 1.165) is 5.56 Å². The number of hydrogen-bond donors (Lipinski definition) is 2. The highest BCUT2D eigenvalue weighted by atomic mass is 35.5. The summed E-state index contributed by atoms with van der Waals surface area (Å²) in [6.45, 7) is 3.35. The zero-order valence-corrected chi connectivity index (χ0v) is 14.6. The average Bonchev–Trinajstić information content (AvgIpc) is 2.53. The highest BCUT2D eigenvalue weighted by Crippen LogP contribution is 2.26. The number of anilines is 2. The normalized spacial score (nSPS) is 11.5. The molecule has 0 aliphatic rings. The quantitative estimate of drug-likeness (QED) is 0.855. The van der Waals surface area contributed by atoms with Gasteiger partial charge in [-0.1, -0.05) is 35.9 Å². The fraction of sp³-hybridized carbons (Fsp3) is 0.222. The lowest BCUT2D eigenvalue weighted by Crippen LogP contribution is -2.33. The Labute approximate surface area is 146 Å². The Morgan fingerprint density at radius 2 is 1.67 bits per heavy atom. The van der Waals surface area contributed by atoms with Crippen LogP contribution in [0.5, 0.6) is 0 Å². The van der Waals surface area contributed by atoms with Crippen LogP contribution in [0.15, 0.2) is 48.5 Å². The summed E-state index contributed by atoms with van der Waals surface area (Å²) in [5.74, 6) is -0.164. The van der Waals surface area contributed by atoms with Crippen LogP contribution in [-0.4, -0.2) is 23.9 Å². The number of benzene rings is 2. The van der Waals surface area contributed by atoms with Crippen LogP contribution < -0.4 is 10.6 Å². The van der Waals surface area contributed by atoms with Crippen LogP contribution in [0.25, 0.3) is 0 Å². The van der Waals surface area contributed by atoms with Gasteiger partial charge in [-0.25, -0.2) is 4.79 Å². The Morgan fingerprint density at radius 1 is 1.04 bits per heavy atom. The minimum Gasteiger partial charge on any atom is -0.326 e. The van der Waals surface area contributed by atoms with Gasteiger partial charge in [-0.3, -0.25) is 4.79 Å². The smallest absolute Gasteiger partial charge is 0.322 e. The summed E-state index contributed by atoms with van der Waals surface area (Å²) in [4.78, 5) is 25.1. The van der Waals surface area contributed by atoms with Gasteiger partial charge in [-0.15, -0.1) is 0 Å². The van der Waals surface area contributed by atoms with Crippen molar-refractivity contribution in [2.45, 2.75) is 19.9 Å². The molecular weight excluding hydrogens is 326 g/mol. The molecule has 0 saturated heterocycles. The molecule has 2 aromatic rings. The molecular formula is C18H20ClN3O2. The van der Waals surface area contributed by atoms with Crippen LogP contribution in [0, 0.1) is 0 Å². The summed E-state index contributed by atoms with van der Waals surface area (Å²) < 4.78 is 0. The van der Waals surface area contributed by atoms with Crippen molar-refractivity contribution in [1.82, 2.24) is 4.90 Å². The number of halogens is 1. The lowest BCUT2D eigenvalue weighted by molar-refractivity contribution is -0.114. The van der Waals surface area contributed by atoms with E-state index in [9.17, 15) is 9.59 Å². The number of hydrogen-bond acceptors (Lipinski definition) is 2. The highest BCUT2D eigenvalue weighted by Gasteiger charge is 2.19. The molecule has 0 heterocycles. The molecule has 0 spiro atoms. The lowest BCUT2D eigenvalue weighted by atomic mass is 10.1. The molecule has 6 heteroatoms. The molecule has 0 fully saturated rings. The first-order chi connectivity index (χ1) is 11.4. The standard InChI is InChI=1S/C18H20ClN3O2/c1-12(16-9-4-5-10-17(16)19)22(3)18(24)21-15-8-6-7-14(11-15)20-13(2)23/h4-12H,1-3H3,(H,20,23)(H,21,24)/t12-/m1/s1. The number of rotatable bonds is 4. The van der Waals surface area contributed by atoms with E-state index in [2.05, 4.69) is 10.6 Å². The van der Waals surface area contributed by atoms with Crippen molar-refractivity contribution in [3.8, 4) is 0 Å². The third-order valence-electron chi connectivity index (χ3n) is 3.69. The van der Waals surface area contributed by atoms with E-state index in [1.807, 2.05) is 25.1 Å². The number of nitrogens with one attached hydrogen (secondary N) is 2. The van der Waals surface area contributed by atoms with Crippen LogP contribution >= 0.6 is 11.6 Å². The van der Waals surface area contributed by atoms with Crippen LogP contribution in [0.2, 0.25) is 5.02 Å². The number of carbonyl (C=O) groups excluding carboxylic acids is 2. The number of carbonyl (C=O) groups is 2. The third-order valence-corrected chi connectivity index (χ3v) is 4.04. The Morgan fingerprint density at radius 3 is 2.29 bits per heavy atom. The second-order valence-electron chi connectivity index (χ2n) is 5.50. The average molecular weight is 346 g/mol. The van der Waals surface area contributed by atoms with E-state index in [-0.39, 0.29) is 18.0 Å². The van der Waals surface area contributed by atoms with Crippen LogP contribution in [-0.2, 0) is 4.79 Å². The first-order valence-electron chi connectivity index (χ1n) is 7.54. The van der Waals surface area contributed by atoms with Gasteiger partial charge in [0.05, 0.1) is 6.04 Å². The fourth-order valence-electron chi connectivity index (χ4n) is 2.29. The predicted octanol–water partition coefficient (Wildman–Crippen LogP) is 4.52. The van der Waals surface area contributed by atoms with Crippen molar-refractivity contribution in [3.05, 3.63) is 59.1 Å². The summed E-state index contributed by atoms with van der Waals surface area (Å²) in [6, 6.07) is 14.0. The van der Waals surface area contributed by atoms with Gasteiger partial charge < -0.3 is 15.5 Å². The third kappa shape index (κ3) is 4.49. The van der Waals surface area contributed by atoms with Crippen LogP contribution in [0.3, 0.4) is 0 Å². The molecule has 0 radical (unpaired) electrons. The van der Waals surface area contributed by atoms with E-state index in [4.69, 9.17) is 11.6 Å². The van der Waals surface area contributed by atoms with E-state index in [1.54, 1.807) is 42.3 Å². The van der Waals surface area contributed by atoms with Gasteiger partial charge in [0.1, 0.15) is 0 Å². The minimum absolute atomic E-state index is 0.164. The topological polar surface area (TPSA) is 61.4 Å². The van der Waals surface area contributed by atoms with Gasteiger partial charge in [0.25, 0.3) is 0 Å². The van der Waals surface area contributed by atoms with Gasteiger partial charge in [-0.2, -0.15) is 0 Å². The molecule has 5 nitrogen and oxygen atoms in total. The molecule has 0 aromatic heterocycles. The summed E-state index contributed by atoms with van der Waals surface area (Å²) >= 11 is 6.20. The van der Waals surface area contributed by atoms with E-state index >= 15 is 0 Å². The number of amides is 3. The maximum Gasteiger partial charge on any atom is 0.322 e. The molecule has 3 amide bonds. The Balaban J connectivity index is 2.09. The van der Waals surface area contributed by atoms with Crippen molar-refractivity contribution >= 4 is 34.9 Å². The van der Waals surface area contributed by atoms with Gasteiger partial charge in [-0.05, 0) is 36.8 Å². The summed E-state index contributed by atoms with van der Waals surface area (Å²) in [7, 11) is 1.71.